The summed E-state index contributed by atoms with van der Waals surface area (Å²) in [4.78, 5) is 23.4. The summed E-state index contributed by atoms with van der Waals surface area (Å²) in [5, 5.41) is 3.37. The molecule has 0 saturated carbocycles. The Bertz CT molecular complexity index is 984. The van der Waals surface area contributed by atoms with Crippen LogP contribution in [0.5, 0.6) is 0 Å². The largest absolute Gasteiger partial charge is 0.320 e. The molecule has 1 N–H and O–H groups in total. The van der Waals surface area contributed by atoms with E-state index < -0.39 is 28.5 Å². The number of nitrogens with zero attached hydrogens (tertiary/aromatic N) is 2. The summed E-state index contributed by atoms with van der Waals surface area (Å²) < 4.78 is 27.5. The highest BCUT2D eigenvalue weighted by molar-refractivity contribution is 8.00. The van der Waals surface area contributed by atoms with Crippen LogP contribution in [0.4, 0.5) is 14.5 Å². The van der Waals surface area contributed by atoms with Crippen molar-refractivity contribution in [2.24, 2.45) is 0 Å². The number of aryl methyl sites for hydroxylation is 3. The molecule has 1 atom stereocenters. The van der Waals surface area contributed by atoms with Gasteiger partial charge in [-0.05, 0) is 45.4 Å². The molecule has 2 heterocycles. The van der Waals surface area contributed by atoms with Gasteiger partial charge >= 0.3 is 0 Å². The Morgan fingerprint density at radius 3 is 2.50 bits per heavy atom. The van der Waals surface area contributed by atoms with Gasteiger partial charge in [0.05, 0.1) is 5.25 Å². The van der Waals surface area contributed by atoms with E-state index in [0.29, 0.717) is 10.9 Å². The van der Waals surface area contributed by atoms with Crippen LogP contribution in [0.2, 0.25) is 0 Å². The molecule has 0 saturated heterocycles. The third-order valence-electron chi connectivity index (χ3n) is 3.98. The van der Waals surface area contributed by atoms with Crippen LogP contribution < -0.4 is 5.32 Å². The van der Waals surface area contributed by atoms with Gasteiger partial charge in [-0.1, -0.05) is 17.8 Å². The van der Waals surface area contributed by atoms with E-state index >= 15 is 0 Å². The van der Waals surface area contributed by atoms with Crippen molar-refractivity contribution in [3.8, 4) is 0 Å². The van der Waals surface area contributed by atoms with Crippen LogP contribution in [0.1, 0.15) is 23.2 Å². The van der Waals surface area contributed by atoms with Crippen molar-refractivity contribution in [1.29, 1.82) is 0 Å². The van der Waals surface area contributed by atoms with Crippen molar-refractivity contribution >= 4 is 44.9 Å². The second-order valence-electron chi connectivity index (χ2n) is 5.89. The first-order valence-corrected chi connectivity index (χ1v) is 9.63. The fraction of sp³-hybridized carbons (Fsp3) is 0.278. The first-order valence-electron chi connectivity index (χ1n) is 7.93. The molecule has 2 aromatic heterocycles. The molecule has 0 spiro atoms. The Morgan fingerprint density at radius 1 is 1.19 bits per heavy atom. The zero-order valence-corrected chi connectivity index (χ0v) is 16.3. The van der Waals surface area contributed by atoms with Crippen molar-refractivity contribution in [3.05, 3.63) is 46.1 Å². The van der Waals surface area contributed by atoms with Gasteiger partial charge in [-0.25, -0.2) is 18.7 Å². The molecular formula is C18H17F2N3OS2. The maximum atomic E-state index is 13.7. The Labute approximate surface area is 158 Å². The molecule has 0 aliphatic rings. The zero-order valence-electron chi connectivity index (χ0n) is 14.7. The van der Waals surface area contributed by atoms with Crippen molar-refractivity contribution in [3.63, 3.8) is 0 Å². The molecule has 4 nitrogen and oxygen atoms in total. The molecule has 8 heteroatoms. The van der Waals surface area contributed by atoms with Crippen LogP contribution in [-0.4, -0.2) is 21.1 Å². The third-order valence-corrected chi connectivity index (χ3v) is 6.16. The molecule has 3 rings (SSSR count). The smallest absolute Gasteiger partial charge is 0.237 e. The zero-order chi connectivity index (χ0) is 19.0. The fourth-order valence-corrected chi connectivity index (χ4v) is 4.66. The molecule has 0 aliphatic carbocycles. The van der Waals surface area contributed by atoms with Crippen molar-refractivity contribution < 1.29 is 13.6 Å². The van der Waals surface area contributed by atoms with Gasteiger partial charge in [0.2, 0.25) is 5.91 Å². The monoisotopic (exact) mass is 393 g/mol. The van der Waals surface area contributed by atoms with Gasteiger partial charge in [-0.2, -0.15) is 0 Å². The fourth-order valence-electron chi connectivity index (χ4n) is 2.46. The van der Waals surface area contributed by atoms with Crippen LogP contribution in [-0.2, 0) is 4.79 Å². The van der Waals surface area contributed by atoms with E-state index in [0.717, 1.165) is 32.8 Å². The predicted molar refractivity (Wildman–Crippen MR) is 102 cm³/mol. The summed E-state index contributed by atoms with van der Waals surface area (Å²) in [7, 11) is 0. The summed E-state index contributed by atoms with van der Waals surface area (Å²) in [6, 6.07) is 3.46. The molecule has 26 heavy (non-hydrogen) atoms. The normalized spacial score (nSPS) is 12.4. The van der Waals surface area contributed by atoms with Gasteiger partial charge in [-0.15, -0.1) is 11.3 Å². The first-order chi connectivity index (χ1) is 12.3. The Hall–Kier alpha value is -2.06. The molecule has 0 bridgehead atoms. The van der Waals surface area contributed by atoms with E-state index in [4.69, 9.17) is 0 Å². The lowest BCUT2D eigenvalue weighted by atomic mass is 10.2. The second kappa shape index (κ2) is 7.28. The molecule has 0 fully saturated rings. The summed E-state index contributed by atoms with van der Waals surface area (Å²) in [5.41, 5.74) is 0.650. The number of carbonyl (C=O) groups is 1. The van der Waals surface area contributed by atoms with E-state index in [1.807, 2.05) is 13.8 Å². The van der Waals surface area contributed by atoms with E-state index in [1.54, 1.807) is 25.2 Å². The minimum atomic E-state index is -0.805. The topological polar surface area (TPSA) is 54.9 Å². The van der Waals surface area contributed by atoms with Gasteiger partial charge in [0.1, 0.15) is 33.0 Å². The van der Waals surface area contributed by atoms with Gasteiger partial charge in [0.15, 0.2) is 0 Å². The van der Waals surface area contributed by atoms with Crippen molar-refractivity contribution in [1.82, 2.24) is 9.97 Å². The number of aromatic nitrogens is 2. The first kappa shape index (κ1) is 18.7. The molecular weight excluding hydrogens is 376 g/mol. The molecule has 3 aromatic rings. The highest BCUT2D eigenvalue weighted by Crippen LogP contribution is 2.36. The number of nitrogens with one attached hydrogen (secondary N) is 1. The van der Waals surface area contributed by atoms with Crippen molar-refractivity contribution in [2.45, 2.75) is 38.0 Å². The number of hydrogen-bond acceptors (Lipinski definition) is 5. The summed E-state index contributed by atoms with van der Waals surface area (Å²) in [6.45, 7) is 7.49. The Balaban J connectivity index is 1.87. The number of benzene rings is 1. The molecule has 0 radical (unpaired) electrons. The number of hydrogen-bond donors (Lipinski definition) is 1. The van der Waals surface area contributed by atoms with Crippen LogP contribution >= 0.6 is 23.1 Å². The van der Waals surface area contributed by atoms with E-state index in [1.165, 1.54) is 17.8 Å². The summed E-state index contributed by atoms with van der Waals surface area (Å²) in [5.74, 6) is -1.48. The van der Waals surface area contributed by atoms with Crippen molar-refractivity contribution in [2.75, 3.05) is 5.32 Å². The number of fused-ring (bicyclic) bond motifs is 1. The van der Waals surface area contributed by atoms with Crippen LogP contribution in [0.25, 0.3) is 10.2 Å². The Kier molecular flexibility index (Phi) is 5.24. The quantitative estimate of drug-likeness (QED) is 0.500. The van der Waals surface area contributed by atoms with Crippen LogP contribution in [0.15, 0.2) is 23.2 Å². The van der Waals surface area contributed by atoms with Crippen LogP contribution in [0, 0.1) is 32.4 Å². The molecule has 0 unspecified atom stereocenters. The number of amides is 1. The maximum Gasteiger partial charge on any atom is 0.237 e. The van der Waals surface area contributed by atoms with Gasteiger partial charge in [-0.3, -0.25) is 4.79 Å². The van der Waals surface area contributed by atoms with E-state index in [2.05, 4.69) is 15.3 Å². The SMILES string of the molecule is Cc1nc(S[C@@H](C)C(=O)Nc2c(F)cccc2F)c2c(C)c(C)sc2n1. The highest BCUT2D eigenvalue weighted by atomic mass is 32.2. The van der Waals surface area contributed by atoms with Crippen LogP contribution in [0.3, 0.4) is 0 Å². The van der Waals surface area contributed by atoms with E-state index in [-0.39, 0.29) is 0 Å². The number of rotatable bonds is 4. The average Bonchev–Trinajstić information content (AvgIpc) is 2.85. The number of thiophene rings is 1. The number of carbonyl (C=O) groups excluding carboxylic acids is 1. The summed E-state index contributed by atoms with van der Waals surface area (Å²) >= 11 is 2.84. The van der Waals surface area contributed by atoms with Gasteiger partial charge in [0, 0.05) is 10.3 Å². The van der Waals surface area contributed by atoms with Gasteiger partial charge in [0.25, 0.3) is 0 Å². The lowest BCUT2D eigenvalue weighted by Crippen LogP contribution is -2.23. The maximum absolute atomic E-state index is 13.7. The molecule has 136 valence electrons. The van der Waals surface area contributed by atoms with Gasteiger partial charge < -0.3 is 5.32 Å². The second-order valence-corrected chi connectivity index (χ2v) is 8.42. The number of thioether (sulfide) groups is 1. The number of halogens is 2. The lowest BCUT2D eigenvalue weighted by molar-refractivity contribution is -0.115. The minimum absolute atomic E-state index is 0.434. The average molecular weight is 393 g/mol. The molecule has 0 aliphatic heterocycles. The third kappa shape index (κ3) is 3.57. The molecule has 1 amide bonds. The van der Waals surface area contributed by atoms with E-state index in [9.17, 15) is 13.6 Å². The standard InChI is InChI=1S/C18H17F2N3OS2/c1-8-9(2)25-17-14(8)18(22-11(4)21-17)26-10(3)16(24)23-15-12(19)6-5-7-13(15)20/h5-7,10H,1-4H3,(H,23,24)/t10-/m0/s1. The Morgan fingerprint density at radius 2 is 1.85 bits per heavy atom. The highest BCUT2D eigenvalue weighted by Gasteiger charge is 2.22. The predicted octanol–water partition coefficient (Wildman–Crippen LogP) is 5.01. The number of anilines is 1. The summed E-state index contributed by atoms with van der Waals surface area (Å²) in [6.07, 6.45) is 0. The molecule has 1 aromatic carbocycles. The number of para-hydroxylation sites is 1. The lowest BCUT2D eigenvalue weighted by Gasteiger charge is -2.13. The minimum Gasteiger partial charge on any atom is -0.320 e.